The normalized spacial score (nSPS) is 13.9. The lowest BCUT2D eigenvalue weighted by atomic mass is 9.75. The van der Waals surface area contributed by atoms with Crippen LogP contribution in [0.25, 0.3) is 0 Å². The van der Waals surface area contributed by atoms with E-state index in [1.165, 1.54) is 45.1 Å². The maximum atomic E-state index is 14.8. The maximum absolute atomic E-state index is 14.8. The van der Waals surface area contributed by atoms with E-state index in [0.717, 1.165) is 12.3 Å². The molecule has 0 bridgehead atoms. The molecule has 6 nitrogen and oxygen atoms in total. The summed E-state index contributed by atoms with van der Waals surface area (Å²) >= 11 is 12.0. The Morgan fingerprint density at radius 2 is 1.60 bits per heavy atom. The zero-order chi connectivity index (χ0) is 33.4. The van der Waals surface area contributed by atoms with Crippen LogP contribution >= 0.6 is 23.2 Å². The number of hydrogen-bond donors (Lipinski definition) is 3. The highest BCUT2D eigenvalue weighted by Crippen LogP contribution is 2.37. The molecule has 1 saturated carbocycles. The first kappa shape index (κ1) is 42.8. The Hall–Kier alpha value is -2.32. The van der Waals surface area contributed by atoms with Crippen LogP contribution in [0.3, 0.4) is 0 Å². The fourth-order valence-corrected chi connectivity index (χ4v) is 5.14. The van der Waals surface area contributed by atoms with Gasteiger partial charge in [-0.3, -0.25) is 4.79 Å². The van der Waals surface area contributed by atoms with Gasteiger partial charge in [0.05, 0.1) is 5.02 Å². The number of halogens is 3. The largest absolute Gasteiger partial charge is 0.326 e. The Kier molecular flexibility index (Phi) is 24.9. The Balaban J connectivity index is 0. The zero-order valence-corrected chi connectivity index (χ0v) is 28.9. The third-order valence-electron chi connectivity index (χ3n) is 6.57. The number of anilines is 1. The molecule has 2 aromatic carbocycles. The van der Waals surface area contributed by atoms with Gasteiger partial charge in [-0.2, -0.15) is 0 Å². The monoisotopic (exact) mass is 641 g/mol. The molecule has 1 aliphatic carbocycles. The molecule has 0 spiro atoms. The van der Waals surface area contributed by atoms with Crippen LogP contribution in [0.5, 0.6) is 0 Å². The standard InChI is InChI=1S/C22H27Cl2FN2O.C7H15N.C2H4O.C2H6.CH2O/c1-22(2,3)12-17(21(28)27-15-8-5-7-14(23)11-15)18(13-26-4)16-9-6-10-19(24)20(16)25;1-8-7-5-3-2-4-6-7;1-2-3;2*1-2/h5-11,17-18,26H,12-13H2,1-4H3,(H,27,28);7-8H,2-6H2,1H3;2H,1H3;1-2H3;1H2. The van der Waals surface area contributed by atoms with Crippen LogP contribution in [0.2, 0.25) is 10.0 Å². The van der Waals surface area contributed by atoms with Crippen LogP contribution < -0.4 is 16.0 Å². The summed E-state index contributed by atoms with van der Waals surface area (Å²) in [6, 6.07) is 12.8. The minimum absolute atomic E-state index is 0.0587. The molecule has 43 heavy (non-hydrogen) atoms. The number of carbonyl (C=O) groups excluding carboxylic acids is 3. The summed E-state index contributed by atoms with van der Waals surface area (Å²) in [4.78, 5) is 30.1. The van der Waals surface area contributed by atoms with Gasteiger partial charge in [0, 0.05) is 35.1 Å². The van der Waals surface area contributed by atoms with Crippen molar-refractivity contribution in [3.63, 3.8) is 0 Å². The molecular formula is C34H54Cl2FN3O3. The molecule has 2 unspecified atom stereocenters. The van der Waals surface area contributed by atoms with E-state index in [1.54, 1.807) is 43.4 Å². The van der Waals surface area contributed by atoms with E-state index in [4.69, 9.17) is 32.8 Å². The molecule has 0 aliphatic heterocycles. The molecule has 3 N–H and O–H groups in total. The van der Waals surface area contributed by atoms with Crippen molar-refractivity contribution in [1.29, 1.82) is 0 Å². The maximum Gasteiger partial charge on any atom is 0.228 e. The van der Waals surface area contributed by atoms with Crippen molar-refractivity contribution in [2.75, 3.05) is 26.0 Å². The average molecular weight is 643 g/mol. The molecule has 2 aromatic rings. The SMILES string of the molecule is C=O.CC.CC=O.CNC1CCCCC1.CNCC(c1cccc(Cl)c1F)C(CC(C)(C)C)C(=O)Nc1cccc(Cl)c1. The minimum atomic E-state index is -0.473. The summed E-state index contributed by atoms with van der Waals surface area (Å²) in [5.74, 6) is -1.47. The topological polar surface area (TPSA) is 87.3 Å². The number of hydrogen-bond acceptors (Lipinski definition) is 5. The summed E-state index contributed by atoms with van der Waals surface area (Å²) in [5.41, 5.74) is 0.931. The Labute approximate surface area is 269 Å². The second-order valence-electron chi connectivity index (χ2n) is 11.0. The van der Waals surface area contributed by atoms with Crippen molar-refractivity contribution in [1.82, 2.24) is 10.6 Å². The van der Waals surface area contributed by atoms with Gasteiger partial charge >= 0.3 is 0 Å². The molecule has 9 heteroatoms. The Bertz CT molecular complexity index is 1030. The van der Waals surface area contributed by atoms with E-state index >= 15 is 0 Å². The van der Waals surface area contributed by atoms with Gasteiger partial charge in [0.1, 0.15) is 18.9 Å². The van der Waals surface area contributed by atoms with Crippen molar-refractivity contribution in [2.24, 2.45) is 11.3 Å². The number of likely N-dealkylation sites (N-methyl/N-ethyl adjacent to an activating group) is 1. The third kappa shape index (κ3) is 18.2. The van der Waals surface area contributed by atoms with Crippen LogP contribution in [0, 0.1) is 17.2 Å². The highest BCUT2D eigenvalue weighted by Gasteiger charge is 2.34. The highest BCUT2D eigenvalue weighted by atomic mass is 35.5. The van der Waals surface area contributed by atoms with Gasteiger partial charge in [0.2, 0.25) is 5.91 Å². The number of nitrogens with one attached hydrogen (secondary N) is 3. The second-order valence-corrected chi connectivity index (χ2v) is 11.9. The smallest absolute Gasteiger partial charge is 0.228 e. The van der Waals surface area contributed by atoms with Gasteiger partial charge in [-0.05, 0) is 75.5 Å². The van der Waals surface area contributed by atoms with E-state index in [-0.39, 0.29) is 22.3 Å². The van der Waals surface area contributed by atoms with E-state index in [2.05, 4.69) is 43.8 Å². The summed E-state index contributed by atoms with van der Waals surface area (Å²) < 4.78 is 14.8. The lowest BCUT2D eigenvalue weighted by molar-refractivity contribution is -0.121. The first-order valence-corrected chi connectivity index (χ1v) is 15.7. The number of benzene rings is 2. The van der Waals surface area contributed by atoms with Crippen LogP contribution in [-0.2, 0) is 14.4 Å². The number of aldehydes is 1. The quantitative estimate of drug-likeness (QED) is 0.251. The van der Waals surface area contributed by atoms with Crippen LogP contribution in [0.4, 0.5) is 10.1 Å². The van der Waals surface area contributed by atoms with Crippen LogP contribution in [-0.4, -0.2) is 45.7 Å². The number of amides is 1. The summed E-state index contributed by atoms with van der Waals surface area (Å²) in [5, 5.41) is 9.94. The van der Waals surface area contributed by atoms with Gasteiger partial charge in [0.25, 0.3) is 0 Å². The van der Waals surface area contributed by atoms with Gasteiger partial charge in [0.15, 0.2) is 0 Å². The zero-order valence-electron chi connectivity index (χ0n) is 27.4. The molecule has 0 saturated heterocycles. The van der Waals surface area contributed by atoms with Crippen molar-refractivity contribution >= 4 is 47.9 Å². The first-order valence-electron chi connectivity index (χ1n) is 15.0. The molecule has 0 heterocycles. The van der Waals surface area contributed by atoms with E-state index < -0.39 is 11.7 Å². The average Bonchev–Trinajstić information content (AvgIpc) is 2.99. The summed E-state index contributed by atoms with van der Waals surface area (Å²) in [7, 11) is 3.86. The van der Waals surface area contributed by atoms with E-state index in [1.807, 2.05) is 20.6 Å². The summed E-state index contributed by atoms with van der Waals surface area (Å²) in [6.07, 6.45) is 8.46. The van der Waals surface area contributed by atoms with E-state index in [0.29, 0.717) is 29.2 Å². The van der Waals surface area contributed by atoms with Crippen molar-refractivity contribution < 1.29 is 18.8 Å². The molecule has 2 atom stereocenters. The number of rotatable bonds is 8. The van der Waals surface area contributed by atoms with Crippen LogP contribution in [0.1, 0.15) is 91.5 Å². The Morgan fingerprint density at radius 1 is 1.05 bits per heavy atom. The van der Waals surface area contributed by atoms with Crippen molar-refractivity contribution in [3.05, 3.63) is 63.9 Å². The van der Waals surface area contributed by atoms with Crippen molar-refractivity contribution in [2.45, 2.75) is 92.0 Å². The first-order chi connectivity index (χ1) is 20.5. The Morgan fingerprint density at radius 3 is 2.07 bits per heavy atom. The van der Waals surface area contributed by atoms with Gasteiger partial charge < -0.3 is 25.5 Å². The predicted octanol–water partition coefficient (Wildman–Crippen LogP) is 8.71. The fraction of sp³-hybridized carbons (Fsp3) is 0.559. The lowest BCUT2D eigenvalue weighted by Crippen LogP contribution is -2.36. The molecule has 1 amide bonds. The van der Waals surface area contributed by atoms with Crippen molar-refractivity contribution in [3.8, 4) is 0 Å². The molecular weight excluding hydrogens is 588 g/mol. The third-order valence-corrected chi connectivity index (χ3v) is 7.09. The summed E-state index contributed by atoms with van der Waals surface area (Å²) in [6.45, 7) is 14.1. The predicted molar refractivity (Wildman–Crippen MR) is 182 cm³/mol. The lowest BCUT2D eigenvalue weighted by Gasteiger charge is -2.32. The minimum Gasteiger partial charge on any atom is -0.326 e. The molecule has 1 aliphatic rings. The molecule has 0 aromatic heterocycles. The fourth-order valence-electron chi connectivity index (χ4n) is 4.77. The second kappa shape index (κ2) is 25.1. The van der Waals surface area contributed by atoms with Gasteiger partial charge in [-0.25, -0.2) is 4.39 Å². The molecule has 244 valence electrons. The molecule has 1 fully saturated rings. The van der Waals surface area contributed by atoms with Crippen LogP contribution in [0.15, 0.2) is 42.5 Å². The highest BCUT2D eigenvalue weighted by molar-refractivity contribution is 6.31. The van der Waals surface area contributed by atoms with Gasteiger partial charge in [-0.1, -0.05) is 95.3 Å². The van der Waals surface area contributed by atoms with Gasteiger partial charge in [-0.15, -0.1) is 0 Å². The molecule has 3 rings (SSSR count). The van der Waals surface area contributed by atoms with E-state index in [9.17, 15) is 9.18 Å². The molecule has 0 radical (unpaired) electrons. The number of carbonyl (C=O) groups is 3.